The number of hydrogen-bond acceptors (Lipinski definition) is 3. The highest BCUT2D eigenvalue weighted by Gasteiger charge is 2.15. The van der Waals surface area contributed by atoms with Crippen molar-refractivity contribution in [1.82, 2.24) is 5.32 Å². The average molecular weight is 231 g/mol. The molecule has 1 rings (SSSR count). The predicted molar refractivity (Wildman–Crippen MR) is 68.9 cm³/mol. The summed E-state index contributed by atoms with van der Waals surface area (Å²) in [5, 5.41) is 15.0. The first-order chi connectivity index (χ1) is 8.29. The van der Waals surface area contributed by atoms with E-state index in [-0.39, 0.29) is 11.8 Å². The van der Waals surface area contributed by atoms with Gasteiger partial charge in [-0.15, -0.1) is 12.3 Å². The second-order valence-electron chi connectivity index (χ2n) is 3.65. The molecule has 0 aliphatic heterocycles. The minimum atomic E-state index is -0.140. The van der Waals surface area contributed by atoms with Gasteiger partial charge in [0.1, 0.15) is 5.84 Å². The van der Waals surface area contributed by atoms with Gasteiger partial charge in [-0.1, -0.05) is 35.5 Å². The van der Waals surface area contributed by atoms with Crippen LogP contribution in [0.3, 0.4) is 0 Å². The van der Waals surface area contributed by atoms with Gasteiger partial charge in [-0.2, -0.15) is 0 Å². The predicted octanol–water partition coefficient (Wildman–Crippen LogP) is 1.13. The first kappa shape index (κ1) is 13.1. The van der Waals surface area contributed by atoms with Gasteiger partial charge in [0.2, 0.25) is 0 Å². The lowest BCUT2D eigenvalue weighted by Gasteiger charge is -2.16. The van der Waals surface area contributed by atoms with Crippen LogP contribution >= 0.6 is 0 Å². The highest BCUT2D eigenvalue weighted by Crippen LogP contribution is 2.14. The van der Waals surface area contributed by atoms with Gasteiger partial charge in [0.05, 0.1) is 5.92 Å². The van der Waals surface area contributed by atoms with E-state index in [0.717, 1.165) is 12.1 Å². The van der Waals surface area contributed by atoms with Crippen LogP contribution in [0.5, 0.6) is 0 Å². The zero-order valence-corrected chi connectivity index (χ0v) is 9.63. The van der Waals surface area contributed by atoms with Gasteiger partial charge in [0.15, 0.2) is 0 Å². The molecule has 0 radical (unpaired) electrons. The molecule has 4 N–H and O–H groups in total. The number of rotatable bonds is 6. The molecule has 0 saturated carbocycles. The second-order valence-corrected chi connectivity index (χ2v) is 3.65. The summed E-state index contributed by atoms with van der Waals surface area (Å²) in [5.74, 6) is 2.61. The number of nitrogens with two attached hydrogens (primary N) is 1. The summed E-state index contributed by atoms with van der Waals surface area (Å²) < 4.78 is 0. The lowest BCUT2D eigenvalue weighted by molar-refractivity contribution is 0.315. The summed E-state index contributed by atoms with van der Waals surface area (Å²) in [6, 6.07) is 9.68. The van der Waals surface area contributed by atoms with Crippen molar-refractivity contribution < 1.29 is 5.21 Å². The molecule has 1 atom stereocenters. The van der Waals surface area contributed by atoms with Crippen molar-refractivity contribution in [3.8, 4) is 12.3 Å². The molecule has 0 bridgehead atoms. The molecular formula is C13H17N3O. The molecule has 0 aliphatic carbocycles. The molecule has 0 saturated heterocycles. The molecule has 17 heavy (non-hydrogen) atoms. The fourth-order valence-corrected chi connectivity index (χ4v) is 1.56. The van der Waals surface area contributed by atoms with Crippen LogP contribution in [0.2, 0.25) is 0 Å². The lowest BCUT2D eigenvalue weighted by atomic mass is 9.98. The van der Waals surface area contributed by atoms with Crippen molar-refractivity contribution >= 4 is 5.84 Å². The van der Waals surface area contributed by atoms with Crippen molar-refractivity contribution in [2.45, 2.75) is 12.3 Å². The van der Waals surface area contributed by atoms with Gasteiger partial charge >= 0.3 is 0 Å². The van der Waals surface area contributed by atoms with E-state index >= 15 is 0 Å². The maximum Gasteiger partial charge on any atom is 0.147 e. The van der Waals surface area contributed by atoms with Crippen LogP contribution in [0.15, 0.2) is 35.5 Å². The van der Waals surface area contributed by atoms with E-state index in [1.165, 1.54) is 0 Å². The van der Waals surface area contributed by atoms with Crippen LogP contribution in [0.1, 0.15) is 17.9 Å². The number of nitrogens with zero attached hydrogens (tertiary/aromatic N) is 1. The van der Waals surface area contributed by atoms with Gasteiger partial charge in [0, 0.05) is 19.5 Å². The van der Waals surface area contributed by atoms with E-state index in [9.17, 15) is 0 Å². The van der Waals surface area contributed by atoms with Crippen LogP contribution in [-0.4, -0.2) is 24.1 Å². The Morgan fingerprint density at radius 2 is 2.18 bits per heavy atom. The maximum absolute atomic E-state index is 8.77. The van der Waals surface area contributed by atoms with Crippen LogP contribution < -0.4 is 11.1 Å². The molecule has 0 fully saturated rings. The van der Waals surface area contributed by atoms with Crippen molar-refractivity contribution in [2.24, 2.45) is 10.9 Å². The number of hydrogen-bond donors (Lipinski definition) is 3. The van der Waals surface area contributed by atoms with Gasteiger partial charge in [-0.25, -0.2) is 0 Å². The van der Waals surface area contributed by atoms with Gasteiger partial charge < -0.3 is 16.3 Å². The minimum Gasteiger partial charge on any atom is -0.409 e. The van der Waals surface area contributed by atoms with Crippen molar-refractivity contribution in [1.29, 1.82) is 0 Å². The van der Waals surface area contributed by atoms with Crippen molar-refractivity contribution in [3.63, 3.8) is 0 Å². The van der Waals surface area contributed by atoms with Gasteiger partial charge in [-0.3, -0.25) is 0 Å². The zero-order chi connectivity index (χ0) is 12.5. The molecule has 0 heterocycles. The Balaban J connectivity index is 2.66. The van der Waals surface area contributed by atoms with E-state index in [4.69, 9.17) is 17.4 Å². The Morgan fingerprint density at radius 1 is 1.47 bits per heavy atom. The monoisotopic (exact) mass is 231 g/mol. The third-order valence-corrected chi connectivity index (χ3v) is 2.47. The molecule has 90 valence electrons. The van der Waals surface area contributed by atoms with Crippen LogP contribution in [0.25, 0.3) is 0 Å². The number of benzene rings is 1. The smallest absolute Gasteiger partial charge is 0.147 e. The highest BCUT2D eigenvalue weighted by atomic mass is 16.4. The summed E-state index contributed by atoms with van der Waals surface area (Å²) in [6.45, 7) is 1.32. The number of nitrogens with one attached hydrogen (secondary N) is 1. The summed E-state index contributed by atoms with van der Waals surface area (Å²) >= 11 is 0. The van der Waals surface area contributed by atoms with E-state index in [2.05, 4.69) is 16.4 Å². The molecule has 1 unspecified atom stereocenters. The summed E-state index contributed by atoms with van der Waals surface area (Å²) in [7, 11) is 0. The van der Waals surface area contributed by atoms with Crippen LogP contribution in [0, 0.1) is 12.3 Å². The quantitative estimate of drug-likeness (QED) is 0.172. The van der Waals surface area contributed by atoms with E-state index in [0.29, 0.717) is 13.0 Å². The minimum absolute atomic E-state index is 0.140. The Bertz CT molecular complexity index is 395. The third kappa shape index (κ3) is 4.17. The standard InChI is InChI=1S/C13H17N3O/c1-2-3-9-15-10-12(13(14)16-17)11-7-5-4-6-8-11/h1,4-8,12,15,17H,3,9-10H2,(H2,14,16). The molecule has 0 spiro atoms. The lowest BCUT2D eigenvalue weighted by Crippen LogP contribution is -2.32. The third-order valence-electron chi connectivity index (χ3n) is 2.47. The molecule has 4 heteroatoms. The number of amidine groups is 1. The Hall–Kier alpha value is -1.99. The topological polar surface area (TPSA) is 70.6 Å². The first-order valence-corrected chi connectivity index (χ1v) is 5.46. The van der Waals surface area contributed by atoms with E-state index in [1.54, 1.807) is 0 Å². The molecule has 0 aliphatic rings. The normalized spacial score (nSPS) is 13.0. The molecule has 4 nitrogen and oxygen atoms in total. The summed E-state index contributed by atoms with van der Waals surface area (Å²) in [6.07, 6.45) is 5.83. The highest BCUT2D eigenvalue weighted by molar-refractivity contribution is 5.87. The Morgan fingerprint density at radius 3 is 2.76 bits per heavy atom. The Labute approximate surface area is 102 Å². The van der Waals surface area contributed by atoms with Gasteiger partial charge in [-0.05, 0) is 5.56 Å². The maximum atomic E-state index is 8.77. The number of terminal acetylenes is 1. The van der Waals surface area contributed by atoms with Crippen LogP contribution in [0.4, 0.5) is 0 Å². The van der Waals surface area contributed by atoms with Crippen LogP contribution in [-0.2, 0) is 0 Å². The SMILES string of the molecule is C#CCCNCC(/C(N)=N/O)c1ccccc1. The molecule has 1 aromatic carbocycles. The molecule has 1 aromatic rings. The summed E-state index contributed by atoms with van der Waals surface area (Å²) in [4.78, 5) is 0. The molecule has 0 amide bonds. The largest absolute Gasteiger partial charge is 0.409 e. The van der Waals surface area contributed by atoms with Crippen molar-refractivity contribution in [2.75, 3.05) is 13.1 Å². The first-order valence-electron chi connectivity index (χ1n) is 5.46. The van der Waals surface area contributed by atoms with E-state index in [1.807, 2.05) is 30.3 Å². The zero-order valence-electron chi connectivity index (χ0n) is 9.63. The fraction of sp³-hybridized carbons (Fsp3) is 0.308. The summed E-state index contributed by atoms with van der Waals surface area (Å²) in [5.41, 5.74) is 6.69. The number of oxime groups is 1. The molecular weight excluding hydrogens is 214 g/mol. The average Bonchev–Trinajstić information content (AvgIpc) is 2.39. The molecule has 0 aromatic heterocycles. The fourth-order valence-electron chi connectivity index (χ4n) is 1.56. The van der Waals surface area contributed by atoms with Gasteiger partial charge in [0.25, 0.3) is 0 Å². The Kier molecular flexibility index (Phi) is 5.62. The van der Waals surface area contributed by atoms with E-state index < -0.39 is 0 Å². The second kappa shape index (κ2) is 7.31. The van der Waals surface area contributed by atoms with Crippen molar-refractivity contribution in [3.05, 3.63) is 35.9 Å².